The third kappa shape index (κ3) is 3.18. The predicted molar refractivity (Wildman–Crippen MR) is 57.0 cm³/mol. The number of aromatic hydroxyl groups is 2. The van der Waals surface area contributed by atoms with Crippen LogP contribution in [0.3, 0.4) is 0 Å². The van der Waals surface area contributed by atoms with Gasteiger partial charge in [0.15, 0.2) is 17.3 Å². The highest BCUT2D eigenvalue weighted by atomic mass is 32.2. The molecule has 1 aromatic rings. The van der Waals surface area contributed by atoms with E-state index in [0.717, 1.165) is 0 Å². The van der Waals surface area contributed by atoms with Crippen LogP contribution in [0.1, 0.15) is 10.4 Å². The van der Waals surface area contributed by atoms with Gasteiger partial charge in [0.1, 0.15) is 0 Å². The van der Waals surface area contributed by atoms with Gasteiger partial charge in [-0.15, -0.1) is 11.8 Å². The van der Waals surface area contributed by atoms with E-state index >= 15 is 0 Å². The Balaban J connectivity index is 2.67. The van der Waals surface area contributed by atoms with Gasteiger partial charge in [0.25, 0.3) is 0 Å². The van der Waals surface area contributed by atoms with Crippen molar-refractivity contribution >= 4 is 17.5 Å². The summed E-state index contributed by atoms with van der Waals surface area (Å²) in [5.41, 5.74) is 0.329. The highest BCUT2D eigenvalue weighted by Gasteiger charge is 2.08. The number of phenols is 2. The molecule has 4 nitrogen and oxygen atoms in total. The number of hydrogen-bond donors (Lipinski definition) is 2. The van der Waals surface area contributed by atoms with Crippen LogP contribution < -0.4 is 0 Å². The summed E-state index contributed by atoms with van der Waals surface area (Å²) in [6.07, 6.45) is 0. The molecule has 0 aliphatic rings. The molecular weight excluding hydrogens is 214 g/mol. The van der Waals surface area contributed by atoms with Crippen LogP contribution in [-0.4, -0.2) is 27.5 Å². The fraction of sp³-hybridized carbons (Fsp3) is 0.200. The standard InChI is InChI=1S/C10H9NO3S/c11-3-4-15-6-10(14)7-1-2-8(12)9(13)5-7/h1-2,5,12-13H,4,6H2. The molecule has 0 amide bonds. The fourth-order valence-corrected chi connectivity index (χ4v) is 1.51. The monoisotopic (exact) mass is 223 g/mol. The molecule has 1 rings (SSSR count). The Bertz CT molecular complexity index is 412. The third-order valence-electron chi connectivity index (χ3n) is 1.70. The first-order valence-corrected chi connectivity index (χ1v) is 5.30. The van der Waals surface area contributed by atoms with E-state index in [9.17, 15) is 4.79 Å². The highest BCUT2D eigenvalue weighted by molar-refractivity contribution is 8.00. The Labute approximate surface area is 91.2 Å². The van der Waals surface area contributed by atoms with Gasteiger partial charge in [-0.1, -0.05) is 0 Å². The molecule has 0 aliphatic carbocycles. The van der Waals surface area contributed by atoms with E-state index in [1.165, 1.54) is 30.0 Å². The number of hydrogen-bond acceptors (Lipinski definition) is 5. The lowest BCUT2D eigenvalue weighted by atomic mass is 10.1. The normalized spacial score (nSPS) is 9.53. The van der Waals surface area contributed by atoms with Gasteiger partial charge < -0.3 is 10.2 Å². The van der Waals surface area contributed by atoms with E-state index < -0.39 is 0 Å². The van der Waals surface area contributed by atoms with Crippen molar-refractivity contribution in [1.29, 1.82) is 5.26 Å². The quantitative estimate of drug-likeness (QED) is 0.459. The number of nitrogens with zero attached hydrogens (tertiary/aromatic N) is 1. The largest absolute Gasteiger partial charge is 0.504 e. The van der Waals surface area contributed by atoms with Crippen LogP contribution >= 0.6 is 11.8 Å². The topological polar surface area (TPSA) is 81.3 Å². The van der Waals surface area contributed by atoms with Crippen molar-refractivity contribution in [1.82, 2.24) is 0 Å². The summed E-state index contributed by atoms with van der Waals surface area (Å²) in [5.74, 6) is -0.291. The average molecular weight is 223 g/mol. The molecule has 5 heteroatoms. The van der Waals surface area contributed by atoms with Gasteiger partial charge in [0.2, 0.25) is 0 Å². The zero-order valence-electron chi connectivity index (χ0n) is 7.80. The zero-order chi connectivity index (χ0) is 11.3. The lowest BCUT2D eigenvalue weighted by Gasteiger charge is -2.01. The van der Waals surface area contributed by atoms with Crippen molar-refractivity contribution in [3.8, 4) is 17.6 Å². The second-order valence-electron chi connectivity index (χ2n) is 2.78. The molecule has 0 spiro atoms. The second kappa shape index (κ2) is 5.27. The zero-order valence-corrected chi connectivity index (χ0v) is 8.62. The van der Waals surface area contributed by atoms with Crippen LogP contribution in [0.25, 0.3) is 0 Å². The van der Waals surface area contributed by atoms with Crippen molar-refractivity contribution in [2.24, 2.45) is 0 Å². The van der Waals surface area contributed by atoms with Crippen molar-refractivity contribution in [3.05, 3.63) is 23.8 Å². The van der Waals surface area contributed by atoms with Gasteiger partial charge in [0, 0.05) is 5.56 Å². The lowest BCUT2D eigenvalue weighted by molar-refractivity contribution is 0.102. The van der Waals surface area contributed by atoms with E-state index in [0.29, 0.717) is 5.56 Å². The molecule has 0 aliphatic heterocycles. The molecule has 0 saturated heterocycles. The summed E-state index contributed by atoms with van der Waals surface area (Å²) in [6.45, 7) is 0. The molecule has 0 atom stereocenters. The molecule has 78 valence electrons. The molecule has 0 bridgehead atoms. The number of Topliss-reactive ketones (excluding diaryl/α,β-unsaturated/α-hetero) is 1. The van der Waals surface area contributed by atoms with Crippen LogP contribution in [-0.2, 0) is 0 Å². The Hall–Kier alpha value is -1.67. The van der Waals surface area contributed by atoms with Gasteiger partial charge in [-0.3, -0.25) is 4.79 Å². The minimum Gasteiger partial charge on any atom is -0.504 e. The van der Waals surface area contributed by atoms with Crippen molar-refractivity contribution in [2.75, 3.05) is 11.5 Å². The summed E-state index contributed by atoms with van der Waals surface area (Å²) in [7, 11) is 0. The first-order valence-electron chi connectivity index (χ1n) is 4.15. The lowest BCUT2D eigenvalue weighted by Crippen LogP contribution is -2.02. The van der Waals surface area contributed by atoms with Crippen molar-refractivity contribution in [3.63, 3.8) is 0 Å². The Morgan fingerprint density at radius 2 is 2.13 bits per heavy atom. The maximum atomic E-state index is 11.5. The molecule has 0 aromatic heterocycles. The predicted octanol–water partition coefficient (Wildman–Crippen LogP) is 1.54. The molecule has 1 aromatic carbocycles. The summed E-state index contributed by atoms with van der Waals surface area (Å²) in [5, 5.41) is 26.5. The maximum absolute atomic E-state index is 11.5. The van der Waals surface area contributed by atoms with E-state index in [1.807, 2.05) is 6.07 Å². The minimum absolute atomic E-state index is 0.175. The maximum Gasteiger partial charge on any atom is 0.172 e. The Morgan fingerprint density at radius 1 is 1.40 bits per heavy atom. The number of carbonyl (C=O) groups excluding carboxylic acids is 1. The molecule has 0 fully saturated rings. The third-order valence-corrected chi connectivity index (χ3v) is 2.50. The van der Waals surface area contributed by atoms with Gasteiger partial charge in [-0.2, -0.15) is 5.26 Å². The fourth-order valence-electron chi connectivity index (χ4n) is 0.970. The highest BCUT2D eigenvalue weighted by Crippen LogP contribution is 2.25. The number of carbonyl (C=O) groups is 1. The van der Waals surface area contributed by atoms with Gasteiger partial charge in [-0.05, 0) is 18.2 Å². The molecular formula is C10H9NO3S. The first kappa shape index (κ1) is 11.4. The Morgan fingerprint density at radius 3 is 2.73 bits per heavy atom. The van der Waals surface area contributed by atoms with Crippen LogP contribution in [0, 0.1) is 11.3 Å². The van der Waals surface area contributed by atoms with Crippen molar-refractivity contribution < 1.29 is 15.0 Å². The average Bonchev–Trinajstić information content (AvgIpc) is 2.22. The van der Waals surface area contributed by atoms with E-state index in [-0.39, 0.29) is 28.8 Å². The molecule has 0 radical (unpaired) electrons. The summed E-state index contributed by atoms with van der Waals surface area (Å²) in [6, 6.07) is 5.83. The van der Waals surface area contributed by atoms with Gasteiger partial charge >= 0.3 is 0 Å². The molecule has 2 N–H and O–H groups in total. The van der Waals surface area contributed by atoms with Crippen LogP contribution in [0.5, 0.6) is 11.5 Å². The van der Waals surface area contributed by atoms with Crippen LogP contribution in [0.4, 0.5) is 0 Å². The number of ketones is 1. The van der Waals surface area contributed by atoms with Crippen molar-refractivity contribution in [2.45, 2.75) is 0 Å². The number of nitriles is 1. The number of benzene rings is 1. The SMILES string of the molecule is N#CCSCC(=O)c1ccc(O)c(O)c1. The van der Waals surface area contributed by atoms with Gasteiger partial charge in [-0.25, -0.2) is 0 Å². The van der Waals surface area contributed by atoms with Crippen LogP contribution in [0.2, 0.25) is 0 Å². The van der Waals surface area contributed by atoms with E-state index in [1.54, 1.807) is 0 Å². The summed E-state index contributed by atoms with van der Waals surface area (Å²) in [4.78, 5) is 11.5. The van der Waals surface area contributed by atoms with E-state index in [2.05, 4.69) is 0 Å². The van der Waals surface area contributed by atoms with E-state index in [4.69, 9.17) is 15.5 Å². The first-order chi connectivity index (χ1) is 7.15. The second-order valence-corrected chi connectivity index (χ2v) is 3.76. The number of phenolic OH excluding ortho intramolecular Hbond substituents is 2. The van der Waals surface area contributed by atoms with Gasteiger partial charge in [0.05, 0.1) is 17.6 Å². The molecule has 0 saturated carbocycles. The number of thioether (sulfide) groups is 1. The molecule has 0 heterocycles. The number of rotatable bonds is 4. The minimum atomic E-state index is -0.314. The molecule has 15 heavy (non-hydrogen) atoms. The molecule has 0 unspecified atom stereocenters. The van der Waals surface area contributed by atoms with Crippen LogP contribution in [0.15, 0.2) is 18.2 Å². The summed E-state index contributed by atoms with van der Waals surface area (Å²) >= 11 is 1.21. The smallest absolute Gasteiger partial charge is 0.172 e. The summed E-state index contributed by atoms with van der Waals surface area (Å²) < 4.78 is 0. The Kier molecular flexibility index (Phi) is 4.01.